The van der Waals surface area contributed by atoms with Crippen LogP contribution in [0.3, 0.4) is 0 Å². The first kappa shape index (κ1) is 8.54. The average Bonchev–Trinajstić information content (AvgIpc) is 1.88. The van der Waals surface area contributed by atoms with Gasteiger partial charge >= 0.3 is 7.07 Å². The zero-order chi connectivity index (χ0) is 7.40. The molecule has 58 valence electrons. The molecule has 10 heavy (non-hydrogen) atoms. The van der Waals surface area contributed by atoms with E-state index in [-0.39, 0.29) is 0 Å². The maximum atomic E-state index is 5.38. The van der Waals surface area contributed by atoms with Crippen molar-refractivity contribution >= 4 is 18.9 Å². The van der Waals surface area contributed by atoms with Crippen molar-refractivity contribution in [3.05, 3.63) is 0 Å². The average molecular weight is 178 g/mol. The zero-order valence-electron chi connectivity index (χ0n) is 5.95. The van der Waals surface area contributed by atoms with Gasteiger partial charge in [-0.25, -0.2) is 0 Å². The molecule has 0 aromatic rings. The molecule has 0 aliphatic heterocycles. The first-order valence-corrected chi connectivity index (χ1v) is 6.02. The summed E-state index contributed by atoms with van der Waals surface area (Å²) in [4.78, 5) is 0. The van der Waals surface area contributed by atoms with Crippen molar-refractivity contribution in [2.75, 3.05) is 0 Å². The molecule has 4 heteroatoms. The van der Waals surface area contributed by atoms with Crippen LogP contribution in [0.4, 0.5) is 0 Å². The van der Waals surface area contributed by atoms with Crippen LogP contribution in [0.15, 0.2) is 0 Å². The zero-order valence-corrected chi connectivity index (χ0v) is 7.66. The van der Waals surface area contributed by atoms with Gasteiger partial charge in [0.15, 0.2) is 0 Å². The maximum absolute atomic E-state index is 5.38. The van der Waals surface area contributed by atoms with Gasteiger partial charge in [-0.2, -0.15) is 0 Å². The molecule has 0 amide bonds. The van der Waals surface area contributed by atoms with E-state index in [1.54, 1.807) is 0 Å². The molecule has 0 heterocycles. The third-order valence-corrected chi connectivity index (χ3v) is 2.57. The van der Waals surface area contributed by atoms with E-state index in [1.165, 1.54) is 19.3 Å². The number of hydrogen-bond acceptors (Lipinski definition) is 2. The van der Waals surface area contributed by atoms with Crippen molar-refractivity contribution in [3.63, 3.8) is 0 Å². The summed E-state index contributed by atoms with van der Waals surface area (Å²) in [7, 11) is -1.04. The third kappa shape index (κ3) is 3.02. The highest BCUT2D eigenvalue weighted by Gasteiger charge is 2.19. The van der Waals surface area contributed by atoms with Crippen molar-refractivity contribution < 1.29 is 4.52 Å². The number of nitrogens with two attached hydrogens (primary N) is 1. The lowest BCUT2D eigenvalue weighted by molar-refractivity contribution is 0.178. The molecule has 1 rings (SSSR count). The predicted molar refractivity (Wildman–Crippen MR) is 46.4 cm³/mol. The van der Waals surface area contributed by atoms with E-state index < -0.39 is 7.07 Å². The van der Waals surface area contributed by atoms with Crippen molar-refractivity contribution in [3.8, 4) is 0 Å². The maximum Gasteiger partial charge on any atom is 0.436 e. The molecule has 0 bridgehead atoms. The normalized spacial score (nSPS) is 22.7. The molecule has 1 atom stereocenters. The first-order chi connectivity index (χ1) is 4.79. The molecule has 2 N–H and O–H groups in total. The third-order valence-electron chi connectivity index (χ3n) is 1.81. The van der Waals surface area contributed by atoms with Crippen LogP contribution in [0.5, 0.6) is 0 Å². The molecule has 0 spiro atoms. The van der Waals surface area contributed by atoms with Crippen LogP contribution in [0.2, 0.25) is 0 Å². The smallest absolute Gasteiger partial charge is 0.149 e. The number of rotatable bonds is 2. The Kier molecular flexibility index (Phi) is 3.71. The fourth-order valence-electron chi connectivity index (χ4n) is 1.32. The summed E-state index contributed by atoms with van der Waals surface area (Å²) >= 11 is 4.78. The van der Waals surface area contributed by atoms with Gasteiger partial charge in [-0.15, -0.1) is 10.0 Å². The molecule has 0 saturated heterocycles. The highest BCUT2D eigenvalue weighted by atomic mass is 32.4. The monoisotopic (exact) mass is 178 g/mol. The van der Waals surface area contributed by atoms with E-state index in [0.29, 0.717) is 6.10 Å². The molecule has 1 saturated carbocycles. The molecule has 1 unspecified atom stereocenters. The Morgan fingerprint density at radius 1 is 1.30 bits per heavy atom. The SMILES string of the molecule is N[P+](=S)OC1CCCCC1. The standard InChI is InChI=1S/C6H13NOPS/c7-9(10)8-6-4-2-1-3-5-6/h6H,1-5H2,(H2,7,10)/q+1. The molecule has 0 aromatic carbocycles. The summed E-state index contributed by atoms with van der Waals surface area (Å²) in [5.74, 6) is 0. The minimum atomic E-state index is -1.04. The van der Waals surface area contributed by atoms with Gasteiger partial charge in [-0.05, 0) is 12.8 Å². The van der Waals surface area contributed by atoms with Crippen LogP contribution in [-0.2, 0) is 16.3 Å². The van der Waals surface area contributed by atoms with Gasteiger partial charge in [0.1, 0.15) is 6.10 Å². The second-order valence-corrected chi connectivity index (χ2v) is 4.51. The lowest BCUT2D eigenvalue weighted by Crippen LogP contribution is -2.13. The van der Waals surface area contributed by atoms with Crippen molar-refractivity contribution in [2.24, 2.45) is 5.50 Å². The molecule has 1 aliphatic rings. The highest BCUT2D eigenvalue weighted by Crippen LogP contribution is 2.26. The van der Waals surface area contributed by atoms with Crippen LogP contribution >= 0.6 is 7.07 Å². The Hall–Kier alpha value is 0.440. The van der Waals surface area contributed by atoms with Crippen molar-refractivity contribution in [1.82, 2.24) is 0 Å². The van der Waals surface area contributed by atoms with E-state index in [4.69, 9.17) is 21.8 Å². The van der Waals surface area contributed by atoms with Gasteiger partial charge in [-0.3, -0.25) is 0 Å². The van der Waals surface area contributed by atoms with Crippen molar-refractivity contribution in [2.45, 2.75) is 38.2 Å². The molecule has 1 fully saturated rings. The van der Waals surface area contributed by atoms with Gasteiger partial charge in [0.25, 0.3) is 0 Å². The fraction of sp³-hybridized carbons (Fsp3) is 1.00. The van der Waals surface area contributed by atoms with Crippen LogP contribution < -0.4 is 5.50 Å². The minimum absolute atomic E-state index is 0.377. The van der Waals surface area contributed by atoms with E-state index in [9.17, 15) is 0 Å². The molecular weight excluding hydrogens is 165 g/mol. The van der Waals surface area contributed by atoms with E-state index >= 15 is 0 Å². The summed E-state index contributed by atoms with van der Waals surface area (Å²) in [5, 5.41) is 0. The van der Waals surface area contributed by atoms with Gasteiger partial charge < -0.3 is 0 Å². The molecule has 2 nitrogen and oxygen atoms in total. The fourth-order valence-corrected chi connectivity index (χ4v) is 2.19. The topological polar surface area (TPSA) is 35.2 Å². The van der Waals surface area contributed by atoms with Crippen LogP contribution in [-0.4, -0.2) is 6.10 Å². The molecular formula is C6H13NOPS+. The molecule has 1 aliphatic carbocycles. The Labute approximate surface area is 67.7 Å². The largest absolute Gasteiger partial charge is 0.436 e. The van der Waals surface area contributed by atoms with Gasteiger partial charge in [0.2, 0.25) is 11.8 Å². The molecule has 0 radical (unpaired) electrons. The quantitative estimate of drug-likeness (QED) is 0.657. The van der Waals surface area contributed by atoms with E-state index in [0.717, 1.165) is 12.8 Å². The highest BCUT2D eigenvalue weighted by molar-refractivity contribution is 8.01. The molecule has 0 aromatic heterocycles. The summed E-state index contributed by atoms with van der Waals surface area (Å²) in [6.45, 7) is 0. The lowest BCUT2D eigenvalue weighted by Gasteiger charge is -2.15. The Bertz CT molecular complexity index is 125. The first-order valence-electron chi connectivity index (χ1n) is 3.68. The number of hydrogen-bond donors (Lipinski definition) is 1. The van der Waals surface area contributed by atoms with E-state index in [2.05, 4.69) is 0 Å². The van der Waals surface area contributed by atoms with Crippen molar-refractivity contribution in [1.29, 1.82) is 0 Å². The minimum Gasteiger partial charge on any atom is -0.149 e. The lowest BCUT2D eigenvalue weighted by atomic mass is 9.98. The van der Waals surface area contributed by atoms with Crippen LogP contribution in [0.1, 0.15) is 32.1 Å². The predicted octanol–water partition coefficient (Wildman–Crippen LogP) is 2.07. The second-order valence-electron chi connectivity index (χ2n) is 2.65. The Morgan fingerprint density at radius 2 is 1.90 bits per heavy atom. The van der Waals surface area contributed by atoms with E-state index in [1.807, 2.05) is 0 Å². The summed E-state index contributed by atoms with van der Waals surface area (Å²) in [5.41, 5.74) is 5.38. The Morgan fingerprint density at radius 3 is 2.40 bits per heavy atom. The Balaban J connectivity index is 2.19. The van der Waals surface area contributed by atoms with Crippen LogP contribution in [0.25, 0.3) is 0 Å². The van der Waals surface area contributed by atoms with Gasteiger partial charge in [0, 0.05) is 0 Å². The van der Waals surface area contributed by atoms with Gasteiger partial charge in [-0.1, -0.05) is 19.3 Å². The second kappa shape index (κ2) is 4.35. The summed E-state index contributed by atoms with van der Waals surface area (Å²) in [6.07, 6.45) is 6.60. The summed E-state index contributed by atoms with van der Waals surface area (Å²) in [6, 6.07) is 0. The summed E-state index contributed by atoms with van der Waals surface area (Å²) < 4.78 is 5.35. The van der Waals surface area contributed by atoms with Crippen LogP contribution in [0, 0.1) is 0 Å². The van der Waals surface area contributed by atoms with Gasteiger partial charge in [0.05, 0.1) is 0 Å².